The summed E-state index contributed by atoms with van der Waals surface area (Å²) in [6, 6.07) is 4.11. The van der Waals surface area contributed by atoms with Crippen molar-refractivity contribution in [2.75, 3.05) is 6.61 Å². The summed E-state index contributed by atoms with van der Waals surface area (Å²) in [5, 5.41) is 10.4. The molecule has 0 aliphatic carbocycles. The SMILES string of the molecule is CCOc1c(C)cc(C(O)C(CC)CC)cc1C. The summed E-state index contributed by atoms with van der Waals surface area (Å²) in [5.41, 5.74) is 3.23. The van der Waals surface area contributed by atoms with Crippen molar-refractivity contribution in [2.24, 2.45) is 5.92 Å². The van der Waals surface area contributed by atoms with Crippen molar-refractivity contribution in [1.29, 1.82) is 0 Å². The van der Waals surface area contributed by atoms with E-state index < -0.39 is 0 Å². The van der Waals surface area contributed by atoms with Gasteiger partial charge in [-0.1, -0.05) is 26.7 Å². The molecule has 0 aliphatic heterocycles. The van der Waals surface area contributed by atoms with Gasteiger partial charge in [0.1, 0.15) is 5.75 Å². The second-order valence-corrected chi connectivity index (χ2v) is 4.94. The number of rotatable bonds is 6. The summed E-state index contributed by atoms with van der Waals surface area (Å²) in [4.78, 5) is 0. The van der Waals surface area contributed by atoms with Crippen LogP contribution in [0.4, 0.5) is 0 Å². The molecule has 0 spiro atoms. The van der Waals surface area contributed by atoms with Crippen LogP contribution in [0.25, 0.3) is 0 Å². The molecule has 0 fully saturated rings. The maximum Gasteiger partial charge on any atom is 0.125 e. The van der Waals surface area contributed by atoms with Gasteiger partial charge in [0.2, 0.25) is 0 Å². The summed E-state index contributed by atoms with van der Waals surface area (Å²) < 4.78 is 5.63. The van der Waals surface area contributed by atoms with Gasteiger partial charge in [0.25, 0.3) is 0 Å². The van der Waals surface area contributed by atoms with Gasteiger partial charge in [-0.15, -0.1) is 0 Å². The van der Waals surface area contributed by atoms with Crippen LogP contribution in [-0.2, 0) is 0 Å². The predicted molar refractivity (Wildman–Crippen MR) is 76.1 cm³/mol. The summed E-state index contributed by atoms with van der Waals surface area (Å²) >= 11 is 0. The van der Waals surface area contributed by atoms with Gasteiger partial charge in [-0.2, -0.15) is 0 Å². The quantitative estimate of drug-likeness (QED) is 0.821. The van der Waals surface area contributed by atoms with Crippen LogP contribution in [0.3, 0.4) is 0 Å². The van der Waals surface area contributed by atoms with Gasteiger partial charge in [-0.05, 0) is 55.5 Å². The highest BCUT2D eigenvalue weighted by Crippen LogP contribution is 2.32. The van der Waals surface area contributed by atoms with E-state index in [1.54, 1.807) is 0 Å². The van der Waals surface area contributed by atoms with Crippen LogP contribution in [0.5, 0.6) is 5.75 Å². The fraction of sp³-hybridized carbons (Fsp3) is 0.625. The standard InChI is InChI=1S/C16H26O2/c1-6-13(7-2)15(17)14-9-11(4)16(18-8-3)12(5)10-14/h9-10,13,15,17H,6-8H2,1-5H3. The molecule has 18 heavy (non-hydrogen) atoms. The monoisotopic (exact) mass is 250 g/mol. The Labute approximate surface area is 111 Å². The fourth-order valence-electron chi connectivity index (χ4n) is 2.53. The van der Waals surface area contributed by atoms with Crippen LogP contribution in [0.1, 0.15) is 56.4 Å². The van der Waals surface area contributed by atoms with E-state index >= 15 is 0 Å². The number of aliphatic hydroxyl groups excluding tert-OH is 1. The molecule has 0 aliphatic rings. The Morgan fingerprint density at radius 3 is 1.94 bits per heavy atom. The largest absolute Gasteiger partial charge is 0.493 e. The molecule has 0 aromatic heterocycles. The Morgan fingerprint density at radius 2 is 1.56 bits per heavy atom. The molecule has 1 N–H and O–H groups in total. The van der Waals surface area contributed by atoms with Crippen molar-refractivity contribution in [3.8, 4) is 5.75 Å². The van der Waals surface area contributed by atoms with E-state index in [9.17, 15) is 5.11 Å². The zero-order chi connectivity index (χ0) is 13.7. The molecule has 1 atom stereocenters. The van der Waals surface area contributed by atoms with Crippen LogP contribution in [0, 0.1) is 19.8 Å². The molecule has 1 unspecified atom stereocenters. The van der Waals surface area contributed by atoms with E-state index in [4.69, 9.17) is 4.74 Å². The molecule has 1 aromatic carbocycles. The first-order chi connectivity index (χ1) is 8.54. The molecule has 0 saturated carbocycles. The van der Waals surface area contributed by atoms with E-state index in [0.29, 0.717) is 12.5 Å². The van der Waals surface area contributed by atoms with Gasteiger partial charge in [0, 0.05) is 0 Å². The van der Waals surface area contributed by atoms with Gasteiger partial charge < -0.3 is 9.84 Å². The molecule has 2 nitrogen and oxygen atoms in total. The highest BCUT2D eigenvalue weighted by molar-refractivity contribution is 5.44. The summed E-state index contributed by atoms with van der Waals surface area (Å²) in [6.07, 6.45) is 1.64. The van der Waals surface area contributed by atoms with E-state index in [0.717, 1.165) is 35.3 Å². The summed E-state index contributed by atoms with van der Waals surface area (Å²) in [6.45, 7) is 11.0. The Morgan fingerprint density at radius 1 is 1.06 bits per heavy atom. The van der Waals surface area contributed by atoms with E-state index in [1.807, 2.05) is 20.8 Å². The molecule has 0 saturated heterocycles. The fourth-order valence-corrected chi connectivity index (χ4v) is 2.53. The number of benzene rings is 1. The van der Waals surface area contributed by atoms with Gasteiger partial charge in [-0.25, -0.2) is 0 Å². The van der Waals surface area contributed by atoms with Crippen molar-refractivity contribution in [1.82, 2.24) is 0 Å². The van der Waals surface area contributed by atoms with E-state index in [2.05, 4.69) is 26.0 Å². The third-order valence-electron chi connectivity index (χ3n) is 3.61. The van der Waals surface area contributed by atoms with Crippen molar-refractivity contribution in [2.45, 2.75) is 53.6 Å². The molecule has 0 bridgehead atoms. The molecule has 0 heterocycles. The third kappa shape index (κ3) is 3.26. The maximum absolute atomic E-state index is 10.4. The third-order valence-corrected chi connectivity index (χ3v) is 3.61. The van der Waals surface area contributed by atoms with Crippen molar-refractivity contribution >= 4 is 0 Å². The first kappa shape index (κ1) is 15.0. The second-order valence-electron chi connectivity index (χ2n) is 4.94. The minimum Gasteiger partial charge on any atom is -0.493 e. The van der Waals surface area contributed by atoms with E-state index in [1.165, 1.54) is 0 Å². The van der Waals surface area contributed by atoms with Gasteiger partial charge in [0.15, 0.2) is 0 Å². The highest BCUT2D eigenvalue weighted by Gasteiger charge is 2.19. The Bertz CT molecular complexity index is 358. The van der Waals surface area contributed by atoms with Crippen LogP contribution in [0.2, 0.25) is 0 Å². The van der Waals surface area contributed by atoms with E-state index in [-0.39, 0.29) is 6.10 Å². The van der Waals surface area contributed by atoms with Crippen molar-refractivity contribution < 1.29 is 9.84 Å². The Hall–Kier alpha value is -1.02. The molecular weight excluding hydrogens is 224 g/mol. The highest BCUT2D eigenvalue weighted by atomic mass is 16.5. The first-order valence-corrected chi connectivity index (χ1v) is 6.97. The minimum atomic E-state index is -0.368. The lowest BCUT2D eigenvalue weighted by molar-refractivity contribution is 0.103. The minimum absolute atomic E-state index is 0.335. The smallest absolute Gasteiger partial charge is 0.125 e. The van der Waals surface area contributed by atoms with Crippen LogP contribution in [-0.4, -0.2) is 11.7 Å². The van der Waals surface area contributed by atoms with Crippen molar-refractivity contribution in [3.63, 3.8) is 0 Å². The number of hydrogen-bond donors (Lipinski definition) is 1. The Kier molecular flexibility index (Phi) is 5.67. The zero-order valence-electron chi connectivity index (χ0n) is 12.3. The Balaban J connectivity index is 3.05. The average Bonchev–Trinajstić information content (AvgIpc) is 2.35. The average molecular weight is 250 g/mol. The topological polar surface area (TPSA) is 29.5 Å². The molecular formula is C16H26O2. The maximum atomic E-state index is 10.4. The lowest BCUT2D eigenvalue weighted by Crippen LogP contribution is -2.11. The van der Waals surface area contributed by atoms with Crippen LogP contribution < -0.4 is 4.74 Å². The molecule has 1 rings (SSSR count). The lowest BCUT2D eigenvalue weighted by Gasteiger charge is -2.22. The van der Waals surface area contributed by atoms with Gasteiger partial charge in [0.05, 0.1) is 12.7 Å². The van der Waals surface area contributed by atoms with Gasteiger partial charge >= 0.3 is 0 Å². The summed E-state index contributed by atoms with van der Waals surface area (Å²) in [5.74, 6) is 1.29. The number of ether oxygens (including phenoxy) is 1. The molecule has 2 heteroatoms. The lowest BCUT2D eigenvalue weighted by atomic mass is 9.89. The van der Waals surface area contributed by atoms with Gasteiger partial charge in [-0.3, -0.25) is 0 Å². The number of aryl methyl sites for hydroxylation is 2. The first-order valence-electron chi connectivity index (χ1n) is 6.97. The molecule has 1 aromatic rings. The molecule has 102 valence electrons. The normalized spacial score (nSPS) is 12.8. The predicted octanol–water partition coefficient (Wildman–Crippen LogP) is 4.17. The number of hydrogen-bond acceptors (Lipinski definition) is 2. The number of aliphatic hydroxyl groups is 1. The summed E-state index contributed by atoms with van der Waals surface area (Å²) in [7, 11) is 0. The second kappa shape index (κ2) is 6.79. The van der Waals surface area contributed by atoms with Crippen LogP contribution in [0.15, 0.2) is 12.1 Å². The molecule has 0 amide bonds. The van der Waals surface area contributed by atoms with Crippen molar-refractivity contribution in [3.05, 3.63) is 28.8 Å². The molecule has 0 radical (unpaired) electrons. The zero-order valence-corrected chi connectivity index (χ0v) is 12.3. The van der Waals surface area contributed by atoms with Crippen LogP contribution >= 0.6 is 0 Å².